The van der Waals surface area contributed by atoms with Crippen LogP contribution < -0.4 is 0 Å². The quantitative estimate of drug-likeness (QED) is 0.225. The van der Waals surface area contributed by atoms with Crippen LogP contribution in [0.2, 0.25) is 0 Å². The molecule has 0 saturated carbocycles. The fourth-order valence-corrected chi connectivity index (χ4v) is 8.23. The van der Waals surface area contributed by atoms with Crippen molar-refractivity contribution in [3.63, 3.8) is 0 Å². The topological polar surface area (TPSA) is 9.86 Å². The molecule has 4 heterocycles. The van der Waals surface area contributed by atoms with Gasteiger partial charge in [0.15, 0.2) is 0 Å². The number of rotatable bonds is 1. The van der Waals surface area contributed by atoms with E-state index in [1.54, 1.807) is 0 Å². The number of aryl methyl sites for hydroxylation is 2. The Kier molecular flexibility index (Phi) is 3.59. The third-order valence-corrected chi connectivity index (χ3v) is 9.74. The summed E-state index contributed by atoms with van der Waals surface area (Å²) in [6.45, 7) is 0. The lowest BCUT2D eigenvalue weighted by Gasteiger charge is -2.06. The molecule has 8 aromatic rings. The van der Waals surface area contributed by atoms with Gasteiger partial charge in [-0.2, -0.15) is 0 Å². The first-order valence-electron chi connectivity index (χ1n) is 11.5. The van der Waals surface area contributed by atoms with Crippen molar-refractivity contribution in [2.24, 2.45) is 14.1 Å². The summed E-state index contributed by atoms with van der Waals surface area (Å²) in [7, 11) is 4.40. The van der Waals surface area contributed by atoms with E-state index in [9.17, 15) is 0 Å². The van der Waals surface area contributed by atoms with Gasteiger partial charge in [-0.3, -0.25) is 0 Å². The first-order valence-corrected chi connectivity index (χ1v) is 13.1. The molecule has 4 aromatic carbocycles. The van der Waals surface area contributed by atoms with E-state index < -0.39 is 0 Å². The molecule has 4 aromatic heterocycles. The largest absolute Gasteiger partial charge is 0.342 e. The van der Waals surface area contributed by atoms with E-state index in [0.29, 0.717) is 0 Å². The number of hydrogen-bond donors (Lipinski definition) is 0. The molecule has 0 bridgehead atoms. The molecule has 0 N–H and O–H groups in total. The normalized spacial score (nSPS) is 12.4. The van der Waals surface area contributed by atoms with Crippen molar-refractivity contribution in [1.29, 1.82) is 0 Å². The highest BCUT2D eigenvalue weighted by atomic mass is 32.1. The monoisotopic (exact) mass is 472 g/mol. The van der Waals surface area contributed by atoms with E-state index in [0.717, 1.165) is 0 Å². The molecule has 0 aliphatic rings. The third-order valence-electron chi connectivity index (χ3n) is 7.35. The van der Waals surface area contributed by atoms with Crippen molar-refractivity contribution in [3.8, 4) is 11.1 Å². The van der Waals surface area contributed by atoms with Crippen LogP contribution in [0.25, 0.3) is 73.5 Å². The number of aromatic nitrogens is 2. The average Bonchev–Trinajstić information content (AvgIpc) is 3.58. The van der Waals surface area contributed by atoms with Crippen LogP contribution in [0, 0.1) is 0 Å². The Hall–Kier alpha value is -3.60. The highest BCUT2D eigenvalue weighted by Crippen LogP contribution is 2.43. The third kappa shape index (κ3) is 2.29. The van der Waals surface area contributed by atoms with Crippen LogP contribution in [-0.4, -0.2) is 9.13 Å². The molecule has 162 valence electrons. The van der Waals surface area contributed by atoms with Crippen molar-refractivity contribution in [3.05, 3.63) is 84.9 Å². The maximum Gasteiger partial charge on any atom is 0.0678 e. The van der Waals surface area contributed by atoms with E-state index in [4.69, 9.17) is 0 Å². The Balaban J connectivity index is 1.36. The summed E-state index contributed by atoms with van der Waals surface area (Å²) in [5.41, 5.74) is 7.81. The molecule has 0 amide bonds. The Labute approximate surface area is 203 Å². The standard InChI is InChI=1S/C30H20N2S2/c1-31-23-15-17(11-13-19(23)29-27(31)21-7-3-5-9-25(21)33-29)18-12-14-20-24(16-18)32(2)28-22-8-4-6-10-26(22)34-30(20)28/h3-16H,1-2H3. The van der Waals surface area contributed by atoms with Gasteiger partial charge in [0, 0.05) is 45.0 Å². The van der Waals surface area contributed by atoms with E-state index >= 15 is 0 Å². The number of hydrogen-bond acceptors (Lipinski definition) is 2. The van der Waals surface area contributed by atoms with Crippen LogP contribution in [-0.2, 0) is 14.1 Å². The predicted molar refractivity (Wildman–Crippen MR) is 151 cm³/mol. The van der Waals surface area contributed by atoms with E-state index in [2.05, 4.69) is 108 Å². The van der Waals surface area contributed by atoms with Crippen molar-refractivity contribution >= 4 is 85.1 Å². The summed E-state index contributed by atoms with van der Waals surface area (Å²) in [4.78, 5) is 0. The van der Waals surface area contributed by atoms with Gasteiger partial charge < -0.3 is 9.13 Å². The van der Waals surface area contributed by atoms with Crippen molar-refractivity contribution in [1.82, 2.24) is 9.13 Å². The van der Waals surface area contributed by atoms with Gasteiger partial charge in [0.25, 0.3) is 0 Å². The van der Waals surface area contributed by atoms with Gasteiger partial charge in [-0.05, 0) is 35.4 Å². The molecule has 0 aliphatic carbocycles. The molecular weight excluding hydrogens is 452 g/mol. The van der Waals surface area contributed by atoms with E-state index in [1.165, 1.54) is 73.5 Å². The second-order valence-electron chi connectivity index (χ2n) is 9.13. The molecule has 0 atom stereocenters. The molecule has 0 radical (unpaired) electrons. The summed E-state index contributed by atoms with van der Waals surface area (Å²) < 4.78 is 10.2. The Morgan fingerprint density at radius 1 is 0.500 bits per heavy atom. The fraction of sp³-hybridized carbons (Fsp3) is 0.0667. The van der Waals surface area contributed by atoms with Gasteiger partial charge in [-0.25, -0.2) is 0 Å². The zero-order valence-corrected chi connectivity index (χ0v) is 20.4. The zero-order chi connectivity index (χ0) is 22.6. The summed E-state index contributed by atoms with van der Waals surface area (Å²) in [6.07, 6.45) is 0. The Morgan fingerprint density at radius 2 is 0.941 bits per heavy atom. The first kappa shape index (κ1) is 18.8. The van der Waals surface area contributed by atoms with Crippen LogP contribution >= 0.6 is 22.7 Å². The van der Waals surface area contributed by atoms with Crippen LogP contribution in [0.15, 0.2) is 84.9 Å². The fourth-order valence-electron chi connectivity index (χ4n) is 5.70. The minimum absolute atomic E-state index is 1.27. The first-order chi connectivity index (χ1) is 16.7. The zero-order valence-electron chi connectivity index (χ0n) is 18.8. The van der Waals surface area contributed by atoms with Gasteiger partial charge in [0.1, 0.15) is 0 Å². The molecule has 2 nitrogen and oxygen atoms in total. The minimum Gasteiger partial charge on any atom is -0.342 e. The number of fused-ring (bicyclic) bond motifs is 10. The molecule has 0 fully saturated rings. The highest BCUT2D eigenvalue weighted by molar-refractivity contribution is 7.27. The maximum atomic E-state index is 2.37. The van der Waals surface area contributed by atoms with Crippen molar-refractivity contribution in [2.45, 2.75) is 0 Å². The van der Waals surface area contributed by atoms with Crippen LogP contribution in [0.3, 0.4) is 0 Å². The molecule has 4 heteroatoms. The second-order valence-corrected chi connectivity index (χ2v) is 11.2. The Morgan fingerprint density at radius 3 is 1.41 bits per heavy atom. The van der Waals surface area contributed by atoms with Gasteiger partial charge in [0.05, 0.1) is 31.5 Å². The lowest BCUT2D eigenvalue weighted by atomic mass is 10.0. The van der Waals surface area contributed by atoms with Crippen molar-refractivity contribution in [2.75, 3.05) is 0 Å². The minimum atomic E-state index is 1.27. The average molecular weight is 473 g/mol. The highest BCUT2D eigenvalue weighted by Gasteiger charge is 2.17. The van der Waals surface area contributed by atoms with Crippen molar-refractivity contribution < 1.29 is 0 Å². The molecule has 0 spiro atoms. The number of benzene rings is 4. The lowest BCUT2D eigenvalue weighted by Crippen LogP contribution is -1.89. The summed E-state index contributed by atoms with van der Waals surface area (Å²) in [5.74, 6) is 0. The summed E-state index contributed by atoms with van der Waals surface area (Å²) in [5, 5.41) is 5.38. The van der Waals surface area contributed by atoms with Gasteiger partial charge >= 0.3 is 0 Å². The van der Waals surface area contributed by atoms with E-state index in [1.807, 2.05) is 22.7 Å². The second kappa shape index (κ2) is 6.50. The molecule has 34 heavy (non-hydrogen) atoms. The maximum absolute atomic E-state index is 2.37. The summed E-state index contributed by atoms with van der Waals surface area (Å²) in [6, 6.07) is 31.4. The molecule has 0 aliphatic heterocycles. The molecule has 0 unspecified atom stereocenters. The molecule has 8 rings (SSSR count). The van der Waals surface area contributed by atoms with Gasteiger partial charge in [-0.15, -0.1) is 22.7 Å². The van der Waals surface area contributed by atoms with Gasteiger partial charge in [-0.1, -0.05) is 60.7 Å². The van der Waals surface area contributed by atoms with Crippen LogP contribution in [0.5, 0.6) is 0 Å². The van der Waals surface area contributed by atoms with E-state index in [-0.39, 0.29) is 0 Å². The molecule has 0 saturated heterocycles. The SMILES string of the molecule is Cn1c2cc(-c3ccc4c5sc6ccccc6c5n(C)c4c3)ccc2c2sc3ccccc3c21. The number of thiophene rings is 2. The molecular formula is C30H20N2S2. The number of nitrogens with zero attached hydrogens (tertiary/aromatic N) is 2. The summed E-state index contributed by atoms with van der Waals surface area (Å²) >= 11 is 3.80. The lowest BCUT2D eigenvalue weighted by molar-refractivity contribution is 1.02. The predicted octanol–water partition coefficient (Wildman–Crippen LogP) is 9.07. The van der Waals surface area contributed by atoms with Gasteiger partial charge in [0.2, 0.25) is 0 Å². The van der Waals surface area contributed by atoms with Crippen LogP contribution in [0.1, 0.15) is 0 Å². The van der Waals surface area contributed by atoms with Crippen LogP contribution in [0.4, 0.5) is 0 Å². The Bertz CT molecular complexity index is 1940. The smallest absolute Gasteiger partial charge is 0.0678 e.